The molecule has 0 aliphatic carbocycles. The summed E-state index contributed by atoms with van der Waals surface area (Å²) >= 11 is 5.56. The lowest BCUT2D eigenvalue weighted by Crippen LogP contribution is -1.89. The third-order valence-corrected chi connectivity index (χ3v) is 1.64. The average molecular weight is 187 g/mol. The molecule has 0 N–H and O–H groups in total. The third-order valence-electron chi connectivity index (χ3n) is 1.41. The molecule has 0 fully saturated rings. The van der Waals surface area contributed by atoms with Gasteiger partial charge in [-0.2, -0.15) is 0 Å². The van der Waals surface area contributed by atoms with E-state index in [1.807, 2.05) is 0 Å². The minimum absolute atomic E-state index is 0.150. The SMILES string of the molecule is C#Cc1cc(Cl)ccc1C(F)F. The number of alkyl halides is 2. The van der Waals surface area contributed by atoms with Crippen LogP contribution < -0.4 is 0 Å². The summed E-state index contributed by atoms with van der Waals surface area (Å²) in [5, 5.41) is 0.368. The van der Waals surface area contributed by atoms with E-state index in [1.54, 1.807) is 0 Å². The molecule has 0 radical (unpaired) electrons. The Morgan fingerprint density at radius 3 is 2.58 bits per heavy atom. The Kier molecular flexibility index (Phi) is 2.67. The van der Waals surface area contributed by atoms with E-state index >= 15 is 0 Å². The third kappa shape index (κ3) is 1.75. The van der Waals surface area contributed by atoms with Gasteiger partial charge in [-0.3, -0.25) is 0 Å². The van der Waals surface area contributed by atoms with Crippen LogP contribution in [0.4, 0.5) is 8.78 Å². The maximum atomic E-state index is 12.2. The Hall–Kier alpha value is -1.07. The van der Waals surface area contributed by atoms with Gasteiger partial charge in [0.2, 0.25) is 0 Å². The Morgan fingerprint density at radius 2 is 2.08 bits per heavy atom. The molecule has 62 valence electrons. The van der Waals surface area contributed by atoms with Gasteiger partial charge < -0.3 is 0 Å². The largest absolute Gasteiger partial charge is 0.265 e. The summed E-state index contributed by atoms with van der Waals surface area (Å²) in [7, 11) is 0. The van der Waals surface area contributed by atoms with Crippen LogP contribution in [-0.4, -0.2) is 0 Å². The van der Waals surface area contributed by atoms with Gasteiger partial charge >= 0.3 is 0 Å². The molecule has 0 nitrogen and oxygen atoms in total. The topological polar surface area (TPSA) is 0 Å². The molecule has 0 heterocycles. The molecule has 0 spiro atoms. The fourth-order valence-electron chi connectivity index (χ4n) is 0.844. The van der Waals surface area contributed by atoms with Gasteiger partial charge in [-0.05, 0) is 12.1 Å². The van der Waals surface area contributed by atoms with E-state index in [1.165, 1.54) is 18.2 Å². The number of terminal acetylenes is 1. The van der Waals surface area contributed by atoms with Crippen molar-refractivity contribution in [2.24, 2.45) is 0 Å². The number of rotatable bonds is 1. The predicted molar refractivity (Wildman–Crippen MR) is 44.3 cm³/mol. The van der Waals surface area contributed by atoms with Gasteiger partial charge in [-0.15, -0.1) is 6.42 Å². The highest BCUT2D eigenvalue weighted by Crippen LogP contribution is 2.24. The van der Waals surface area contributed by atoms with Crippen LogP contribution in [0.5, 0.6) is 0 Å². The number of halogens is 3. The normalized spacial score (nSPS) is 9.92. The van der Waals surface area contributed by atoms with Crippen molar-refractivity contribution in [3.63, 3.8) is 0 Å². The lowest BCUT2D eigenvalue weighted by Gasteiger charge is -2.02. The van der Waals surface area contributed by atoms with Crippen molar-refractivity contribution >= 4 is 11.6 Å². The van der Waals surface area contributed by atoms with Gasteiger partial charge in [-0.1, -0.05) is 23.6 Å². The second-order valence-corrected chi connectivity index (χ2v) is 2.61. The Balaban J connectivity index is 3.23. The summed E-state index contributed by atoms with van der Waals surface area (Å²) in [6, 6.07) is 3.98. The fraction of sp³-hybridized carbons (Fsp3) is 0.111. The van der Waals surface area contributed by atoms with Crippen LogP contribution in [0.1, 0.15) is 17.6 Å². The van der Waals surface area contributed by atoms with Crippen molar-refractivity contribution in [2.75, 3.05) is 0 Å². The lowest BCUT2D eigenvalue weighted by atomic mass is 10.1. The monoisotopic (exact) mass is 186 g/mol. The van der Waals surface area contributed by atoms with Crippen molar-refractivity contribution in [3.05, 3.63) is 34.3 Å². The van der Waals surface area contributed by atoms with Crippen LogP contribution in [0.2, 0.25) is 5.02 Å². The van der Waals surface area contributed by atoms with Crippen LogP contribution >= 0.6 is 11.6 Å². The van der Waals surface area contributed by atoms with Gasteiger partial charge in [-0.25, -0.2) is 8.78 Å². The molecule has 0 saturated heterocycles. The zero-order valence-electron chi connectivity index (χ0n) is 6.02. The summed E-state index contributed by atoms with van der Waals surface area (Å²) in [5.74, 6) is 2.15. The van der Waals surface area contributed by atoms with Crippen LogP contribution in [-0.2, 0) is 0 Å². The molecule has 0 aliphatic heterocycles. The standard InChI is InChI=1S/C9H5ClF2/c1-2-6-5-7(10)3-4-8(6)9(11)12/h1,3-5,9H. The Morgan fingerprint density at radius 1 is 1.42 bits per heavy atom. The van der Waals surface area contributed by atoms with E-state index in [9.17, 15) is 8.78 Å². The van der Waals surface area contributed by atoms with E-state index in [0.29, 0.717) is 5.02 Å². The summed E-state index contributed by atoms with van der Waals surface area (Å²) < 4.78 is 24.4. The molecular formula is C9H5ClF2. The molecule has 0 amide bonds. The van der Waals surface area contributed by atoms with Gasteiger partial charge in [0.1, 0.15) is 0 Å². The van der Waals surface area contributed by atoms with Crippen molar-refractivity contribution in [1.29, 1.82) is 0 Å². The van der Waals surface area contributed by atoms with Gasteiger partial charge in [0.25, 0.3) is 6.43 Å². The van der Waals surface area contributed by atoms with Crippen molar-refractivity contribution < 1.29 is 8.78 Å². The summed E-state index contributed by atoms with van der Waals surface area (Å²) in [6.45, 7) is 0. The smallest absolute Gasteiger partial charge is 0.205 e. The molecule has 0 aliphatic rings. The van der Waals surface area contributed by atoms with E-state index in [0.717, 1.165) is 0 Å². The summed E-state index contributed by atoms with van der Waals surface area (Å²) in [6.07, 6.45) is 2.47. The highest BCUT2D eigenvalue weighted by molar-refractivity contribution is 6.30. The molecule has 1 aromatic carbocycles. The van der Waals surface area contributed by atoms with Gasteiger partial charge in [0.05, 0.1) is 0 Å². The number of hydrogen-bond acceptors (Lipinski definition) is 0. The molecule has 0 bridgehead atoms. The van der Waals surface area contributed by atoms with Crippen molar-refractivity contribution in [1.82, 2.24) is 0 Å². The maximum absolute atomic E-state index is 12.2. The zero-order chi connectivity index (χ0) is 9.14. The van der Waals surface area contributed by atoms with E-state index in [-0.39, 0.29) is 11.1 Å². The first-order valence-electron chi connectivity index (χ1n) is 3.19. The van der Waals surface area contributed by atoms with E-state index < -0.39 is 6.43 Å². The molecule has 1 aromatic rings. The van der Waals surface area contributed by atoms with Crippen LogP contribution in [0, 0.1) is 12.3 Å². The first-order valence-corrected chi connectivity index (χ1v) is 3.57. The first-order chi connectivity index (χ1) is 5.65. The quantitative estimate of drug-likeness (QED) is 0.591. The second-order valence-electron chi connectivity index (χ2n) is 2.18. The second kappa shape index (κ2) is 3.55. The van der Waals surface area contributed by atoms with Crippen molar-refractivity contribution in [3.8, 4) is 12.3 Å². The van der Waals surface area contributed by atoms with Crippen molar-refractivity contribution in [2.45, 2.75) is 6.43 Å². The van der Waals surface area contributed by atoms with Crippen LogP contribution in [0.15, 0.2) is 18.2 Å². The molecule has 1 rings (SSSR count). The molecule has 3 heteroatoms. The molecule has 12 heavy (non-hydrogen) atoms. The maximum Gasteiger partial charge on any atom is 0.265 e. The first kappa shape index (κ1) is 9.02. The van der Waals surface area contributed by atoms with Gasteiger partial charge in [0, 0.05) is 16.1 Å². The lowest BCUT2D eigenvalue weighted by molar-refractivity contribution is 0.151. The summed E-state index contributed by atoms with van der Waals surface area (Å²) in [5.41, 5.74) is -0.000556. The van der Waals surface area contributed by atoms with E-state index in [2.05, 4.69) is 5.92 Å². The molecule has 0 unspecified atom stereocenters. The van der Waals surface area contributed by atoms with Crippen LogP contribution in [0.25, 0.3) is 0 Å². The van der Waals surface area contributed by atoms with Gasteiger partial charge in [0.15, 0.2) is 0 Å². The average Bonchev–Trinajstić information content (AvgIpc) is 2.03. The number of benzene rings is 1. The molecule has 0 aromatic heterocycles. The highest BCUT2D eigenvalue weighted by atomic mass is 35.5. The number of hydrogen-bond donors (Lipinski definition) is 0. The highest BCUT2D eigenvalue weighted by Gasteiger charge is 2.11. The zero-order valence-corrected chi connectivity index (χ0v) is 6.78. The van der Waals surface area contributed by atoms with Crippen LogP contribution in [0.3, 0.4) is 0 Å². The predicted octanol–water partition coefficient (Wildman–Crippen LogP) is 3.26. The minimum Gasteiger partial charge on any atom is -0.205 e. The summed E-state index contributed by atoms with van der Waals surface area (Å²) in [4.78, 5) is 0. The Bertz CT molecular complexity index is 326. The molecule has 0 saturated carbocycles. The molecule has 0 atom stereocenters. The minimum atomic E-state index is -2.55. The molecular weight excluding hydrogens is 182 g/mol. The van der Waals surface area contributed by atoms with E-state index in [4.69, 9.17) is 18.0 Å². The Labute approximate surface area is 74.2 Å². The fourth-order valence-corrected chi connectivity index (χ4v) is 1.02.